The van der Waals surface area contributed by atoms with Crippen LogP contribution in [0, 0.1) is 0 Å². The first kappa shape index (κ1) is 13.1. The average Bonchev–Trinajstić information content (AvgIpc) is 2.41. The quantitative estimate of drug-likeness (QED) is 0.821. The number of pyridine rings is 1. The van der Waals surface area contributed by atoms with Gasteiger partial charge in [-0.3, -0.25) is 9.59 Å². The molecule has 0 aliphatic rings. The molecule has 0 N–H and O–H groups in total. The predicted molar refractivity (Wildman–Crippen MR) is 75.1 cm³/mol. The Kier molecular flexibility index (Phi) is 3.51. The Bertz CT molecular complexity index is 658. The molecule has 4 heteroatoms. The normalized spacial score (nSPS) is 10.3. The van der Waals surface area contributed by atoms with Gasteiger partial charge in [0.25, 0.3) is 11.5 Å². The van der Waals surface area contributed by atoms with Gasteiger partial charge in [-0.05, 0) is 5.56 Å². The van der Waals surface area contributed by atoms with Crippen LogP contribution < -0.4 is 5.56 Å². The van der Waals surface area contributed by atoms with E-state index in [0.29, 0.717) is 11.1 Å². The summed E-state index contributed by atoms with van der Waals surface area (Å²) >= 11 is 0. The molecule has 0 unspecified atom stereocenters. The summed E-state index contributed by atoms with van der Waals surface area (Å²) in [5.74, 6) is -0.116. The van der Waals surface area contributed by atoms with Crippen LogP contribution in [0.15, 0.2) is 47.4 Å². The molecule has 0 saturated carbocycles. The number of carbonyl (C=O) groups is 1. The highest BCUT2D eigenvalue weighted by Crippen LogP contribution is 2.22. The van der Waals surface area contributed by atoms with E-state index < -0.39 is 0 Å². The van der Waals surface area contributed by atoms with E-state index in [2.05, 4.69) is 0 Å². The van der Waals surface area contributed by atoms with Gasteiger partial charge in [0.1, 0.15) is 0 Å². The summed E-state index contributed by atoms with van der Waals surface area (Å²) in [5, 5.41) is 0. The molecule has 0 fully saturated rings. The minimum absolute atomic E-state index is 0.116. The van der Waals surface area contributed by atoms with E-state index in [4.69, 9.17) is 0 Å². The molecule has 0 saturated heterocycles. The standard InChI is InChI=1S/C15H16N2O2/c1-16(2)15(19)13-10-17(3)14(18)9-12(13)11-7-5-4-6-8-11/h4-10H,1-3H3. The summed E-state index contributed by atoms with van der Waals surface area (Å²) in [6.07, 6.45) is 1.59. The number of hydrogen-bond acceptors (Lipinski definition) is 2. The van der Waals surface area contributed by atoms with Crippen LogP contribution in [-0.2, 0) is 7.05 Å². The summed E-state index contributed by atoms with van der Waals surface area (Å²) in [5.41, 5.74) is 1.93. The van der Waals surface area contributed by atoms with Crippen molar-refractivity contribution in [3.63, 3.8) is 0 Å². The fourth-order valence-corrected chi connectivity index (χ4v) is 1.90. The Morgan fingerprint density at radius 1 is 1.16 bits per heavy atom. The second kappa shape index (κ2) is 5.10. The molecule has 0 aliphatic heterocycles. The van der Waals surface area contributed by atoms with Crippen molar-refractivity contribution in [1.82, 2.24) is 9.47 Å². The highest BCUT2D eigenvalue weighted by molar-refractivity contribution is 6.00. The molecular weight excluding hydrogens is 240 g/mol. The highest BCUT2D eigenvalue weighted by Gasteiger charge is 2.16. The molecule has 0 atom stereocenters. The van der Waals surface area contributed by atoms with Crippen molar-refractivity contribution in [3.8, 4) is 11.1 Å². The van der Waals surface area contributed by atoms with E-state index in [-0.39, 0.29) is 11.5 Å². The van der Waals surface area contributed by atoms with E-state index in [0.717, 1.165) is 5.56 Å². The van der Waals surface area contributed by atoms with Gasteiger partial charge < -0.3 is 9.47 Å². The van der Waals surface area contributed by atoms with Gasteiger partial charge in [-0.1, -0.05) is 30.3 Å². The lowest BCUT2D eigenvalue weighted by atomic mass is 10.0. The lowest BCUT2D eigenvalue weighted by Gasteiger charge is -2.15. The molecule has 1 amide bonds. The number of benzene rings is 1. The number of amides is 1. The van der Waals surface area contributed by atoms with E-state index in [1.807, 2.05) is 30.3 Å². The zero-order chi connectivity index (χ0) is 14.0. The van der Waals surface area contributed by atoms with Crippen molar-refractivity contribution in [2.24, 2.45) is 7.05 Å². The first-order valence-corrected chi connectivity index (χ1v) is 5.98. The minimum atomic E-state index is -0.130. The minimum Gasteiger partial charge on any atom is -0.345 e. The van der Waals surface area contributed by atoms with Crippen molar-refractivity contribution in [2.45, 2.75) is 0 Å². The average molecular weight is 256 g/mol. The number of rotatable bonds is 2. The van der Waals surface area contributed by atoms with Crippen LogP contribution in [0.2, 0.25) is 0 Å². The molecule has 1 aromatic heterocycles. The highest BCUT2D eigenvalue weighted by atomic mass is 16.2. The molecule has 2 rings (SSSR count). The van der Waals surface area contributed by atoms with Crippen LogP contribution in [0.25, 0.3) is 11.1 Å². The van der Waals surface area contributed by atoms with Crippen LogP contribution >= 0.6 is 0 Å². The van der Waals surface area contributed by atoms with Crippen LogP contribution in [0.1, 0.15) is 10.4 Å². The van der Waals surface area contributed by atoms with Crippen molar-refractivity contribution < 1.29 is 4.79 Å². The van der Waals surface area contributed by atoms with Gasteiger partial charge in [0.15, 0.2) is 0 Å². The largest absolute Gasteiger partial charge is 0.345 e. The first-order chi connectivity index (χ1) is 9.00. The zero-order valence-electron chi connectivity index (χ0n) is 11.3. The van der Waals surface area contributed by atoms with Gasteiger partial charge in [-0.15, -0.1) is 0 Å². The van der Waals surface area contributed by atoms with Gasteiger partial charge >= 0.3 is 0 Å². The first-order valence-electron chi connectivity index (χ1n) is 5.98. The van der Waals surface area contributed by atoms with Gasteiger partial charge in [0.2, 0.25) is 0 Å². The number of aromatic nitrogens is 1. The summed E-state index contributed by atoms with van der Waals surface area (Å²) in [6.45, 7) is 0. The number of aryl methyl sites for hydroxylation is 1. The van der Waals surface area contributed by atoms with Crippen LogP contribution in [-0.4, -0.2) is 29.5 Å². The van der Waals surface area contributed by atoms with Crippen LogP contribution in [0.4, 0.5) is 0 Å². The summed E-state index contributed by atoms with van der Waals surface area (Å²) in [7, 11) is 5.04. The molecule has 0 aliphatic carbocycles. The summed E-state index contributed by atoms with van der Waals surface area (Å²) < 4.78 is 1.42. The Balaban J connectivity index is 2.69. The van der Waals surface area contributed by atoms with E-state index in [9.17, 15) is 9.59 Å². The fraction of sp³-hybridized carbons (Fsp3) is 0.200. The molecule has 1 aromatic carbocycles. The zero-order valence-corrected chi connectivity index (χ0v) is 11.3. The monoisotopic (exact) mass is 256 g/mol. The topological polar surface area (TPSA) is 42.3 Å². The predicted octanol–water partition coefficient (Wildman–Crippen LogP) is 1.75. The van der Waals surface area contributed by atoms with Gasteiger partial charge in [0.05, 0.1) is 5.56 Å². The second-order valence-corrected chi connectivity index (χ2v) is 4.62. The molecule has 0 spiro atoms. The van der Waals surface area contributed by atoms with Crippen molar-refractivity contribution >= 4 is 5.91 Å². The Hall–Kier alpha value is -2.36. The SMILES string of the molecule is CN(C)C(=O)c1cn(C)c(=O)cc1-c1ccccc1. The molecule has 0 radical (unpaired) electrons. The third kappa shape index (κ3) is 2.57. The lowest BCUT2D eigenvalue weighted by Crippen LogP contribution is -2.26. The molecule has 1 heterocycles. The lowest BCUT2D eigenvalue weighted by molar-refractivity contribution is 0.0827. The summed E-state index contributed by atoms with van der Waals surface area (Å²) in [4.78, 5) is 25.5. The smallest absolute Gasteiger partial charge is 0.255 e. The number of nitrogens with zero attached hydrogens (tertiary/aromatic N) is 2. The van der Waals surface area contributed by atoms with Crippen molar-refractivity contribution in [2.75, 3.05) is 14.1 Å². The molecule has 19 heavy (non-hydrogen) atoms. The Labute approximate surface area is 111 Å². The van der Waals surface area contributed by atoms with E-state index >= 15 is 0 Å². The maximum atomic E-state index is 12.2. The molecular formula is C15H16N2O2. The molecule has 98 valence electrons. The summed E-state index contributed by atoms with van der Waals surface area (Å²) in [6, 6.07) is 11.0. The van der Waals surface area contributed by atoms with Crippen LogP contribution in [0.5, 0.6) is 0 Å². The number of carbonyl (C=O) groups excluding carboxylic acids is 1. The van der Waals surface area contributed by atoms with E-state index in [1.54, 1.807) is 27.3 Å². The van der Waals surface area contributed by atoms with Gasteiger partial charge in [-0.25, -0.2) is 0 Å². The van der Waals surface area contributed by atoms with Gasteiger partial charge in [-0.2, -0.15) is 0 Å². The van der Waals surface area contributed by atoms with Gasteiger partial charge in [0, 0.05) is 39.0 Å². The third-order valence-electron chi connectivity index (χ3n) is 2.95. The molecule has 2 aromatic rings. The maximum Gasteiger partial charge on any atom is 0.255 e. The van der Waals surface area contributed by atoms with Crippen molar-refractivity contribution in [1.29, 1.82) is 0 Å². The number of hydrogen-bond donors (Lipinski definition) is 0. The maximum absolute atomic E-state index is 12.2. The molecule has 4 nitrogen and oxygen atoms in total. The Morgan fingerprint density at radius 2 is 1.79 bits per heavy atom. The van der Waals surface area contributed by atoms with Crippen molar-refractivity contribution in [3.05, 3.63) is 58.5 Å². The molecule has 0 bridgehead atoms. The fourth-order valence-electron chi connectivity index (χ4n) is 1.90. The second-order valence-electron chi connectivity index (χ2n) is 4.62. The van der Waals surface area contributed by atoms with E-state index in [1.165, 1.54) is 15.5 Å². The Morgan fingerprint density at radius 3 is 2.37 bits per heavy atom. The van der Waals surface area contributed by atoms with Crippen LogP contribution in [0.3, 0.4) is 0 Å². The third-order valence-corrected chi connectivity index (χ3v) is 2.95.